The topological polar surface area (TPSA) is 199 Å². The SMILES string of the molecule is CCCCC(NC(=O)C1CCCN1C(=O)CCP(=O)(O)[C@H](Cc1ccccc1)NC(=O)[C@@H]1CCCN1C(=O)CN)C(=O)O. The summed E-state index contributed by atoms with van der Waals surface area (Å²) >= 11 is 0. The van der Waals surface area contributed by atoms with E-state index >= 15 is 0 Å². The second-order valence-electron chi connectivity index (χ2n) is 11.2. The molecule has 2 saturated heterocycles. The number of hydrogen-bond donors (Lipinski definition) is 5. The Morgan fingerprint density at radius 2 is 1.56 bits per heavy atom. The van der Waals surface area contributed by atoms with Gasteiger partial charge in [0.2, 0.25) is 31.0 Å². The zero-order valence-corrected chi connectivity index (χ0v) is 25.5. The Kier molecular flexibility index (Phi) is 12.7. The Morgan fingerprint density at radius 3 is 2.12 bits per heavy atom. The fourth-order valence-corrected chi connectivity index (χ4v) is 7.32. The molecule has 238 valence electrons. The number of unbranched alkanes of at least 4 members (excludes halogenated alkanes) is 1. The van der Waals surface area contributed by atoms with Gasteiger partial charge in [0.25, 0.3) is 0 Å². The Morgan fingerprint density at radius 1 is 0.977 bits per heavy atom. The van der Waals surface area contributed by atoms with Crippen LogP contribution in [0.3, 0.4) is 0 Å². The molecule has 2 heterocycles. The van der Waals surface area contributed by atoms with Gasteiger partial charge in [0.1, 0.15) is 23.9 Å². The molecule has 0 aromatic heterocycles. The molecule has 14 heteroatoms. The highest BCUT2D eigenvalue weighted by atomic mass is 31.2. The molecule has 4 amide bonds. The van der Waals surface area contributed by atoms with Crippen molar-refractivity contribution >= 4 is 37.0 Å². The summed E-state index contributed by atoms with van der Waals surface area (Å²) in [6, 6.07) is 6.16. The van der Waals surface area contributed by atoms with Crippen LogP contribution in [0.1, 0.15) is 63.9 Å². The van der Waals surface area contributed by atoms with E-state index in [1.165, 1.54) is 9.80 Å². The van der Waals surface area contributed by atoms with E-state index < -0.39 is 61.1 Å². The lowest BCUT2D eigenvalue weighted by Gasteiger charge is -2.29. The van der Waals surface area contributed by atoms with Crippen molar-refractivity contribution in [3.8, 4) is 0 Å². The number of carboxylic acids is 1. The van der Waals surface area contributed by atoms with Crippen LogP contribution in [0.5, 0.6) is 0 Å². The number of amides is 4. The van der Waals surface area contributed by atoms with Crippen molar-refractivity contribution in [3.63, 3.8) is 0 Å². The number of rotatable bonds is 15. The third-order valence-electron chi connectivity index (χ3n) is 8.10. The summed E-state index contributed by atoms with van der Waals surface area (Å²) in [5, 5.41) is 14.7. The van der Waals surface area contributed by atoms with E-state index in [0.29, 0.717) is 44.2 Å². The van der Waals surface area contributed by atoms with E-state index in [1.54, 1.807) is 30.3 Å². The van der Waals surface area contributed by atoms with Crippen LogP contribution in [0.2, 0.25) is 0 Å². The maximum Gasteiger partial charge on any atom is 0.326 e. The molecule has 43 heavy (non-hydrogen) atoms. The number of carboxylic acid groups (broad SMARTS) is 1. The second-order valence-corrected chi connectivity index (χ2v) is 13.8. The van der Waals surface area contributed by atoms with Gasteiger partial charge in [0.15, 0.2) is 0 Å². The maximum atomic E-state index is 13.7. The van der Waals surface area contributed by atoms with Gasteiger partial charge in [-0.25, -0.2) is 4.79 Å². The van der Waals surface area contributed by atoms with E-state index in [1.807, 2.05) is 6.92 Å². The first-order valence-electron chi connectivity index (χ1n) is 15.0. The fourth-order valence-electron chi connectivity index (χ4n) is 5.67. The van der Waals surface area contributed by atoms with Gasteiger partial charge >= 0.3 is 5.97 Å². The third kappa shape index (κ3) is 9.35. The first-order valence-corrected chi connectivity index (χ1v) is 16.9. The minimum absolute atomic E-state index is 0.0369. The number of aliphatic carboxylic acids is 1. The zero-order valence-electron chi connectivity index (χ0n) is 24.7. The van der Waals surface area contributed by atoms with Gasteiger partial charge in [-0.2, -0.15) is 0 Å². The van der Waals surface area contributed by atoms with Crippen LogP contribution < -0.4 is 16.4 Å². The van der Waals surface area contributed by atoms with Crippen molar-refractivity contribution in [3.05, 3.63) is 35.9 Å². The van der Waals surface area contributed by atoms with Gasteiger partial charge in [-0.15, -0.1) is 0 Å². The minimum Gasteiger partial charge on any atom is -0.480 e. The summed E-state index contributed by atoms with van der Waals surface area (Å²) < 4.78 is 13.7. The summed E-state index contributed by atoms with van der Waals surface area (Å²) in [4.78, 5) is 77.2. The molecule has 3 rings (SSSR count). The molecule has 0 radical (unpaired) electrons. The van der Waals surface area contributed by atoms with Crippen molar-refractivity contribution in [2.75, 3.05) is 25.8 Å². The number of hydrogen-bond acceptors (Lipinski definition) is 7. The number of nitrogens with two attached hydrogens (primary N) is 1. The number of carbonyl (C=O) groups excluding carboxylic acids is 4. The van der Waals surface area contributed by atoms with Crippen LogP contribution in [0.15, 0.2) is 30.3 Å². The fraction of sp³-hybridized carbons (Fsp3) is 0.621. The van der Waals surface area contributed by atoms with Gasteiger partial charge < -0.3 is 36.2 Å². The molecule has 0 saturated carbocycles. The van der Waals surface area contributed by atoms with Gasteiger partial charge in [-0.1, -0.05) is 50.1 Å². The number of carbonyl (C=O) groups is 5. The predicted molar refractivity (Wildman–Crippen MR) is 159 cm³/mol. The molecule has 0 spiro atoms. The Labute approximate surface area is 252 Å². The summed E-state index contributed by atoms with van der Waals surface area (Å²) in [6.45, 7) is 2.32. The lowest BCUT2D eigenvalue weighted by Crippen LogP contribution is -2.51. The largest absolute Gasteiger partial charge is 0.480 e. The summed E-state index contributed by atoms with van der Waals surface area (Å²) in [6.07, 6.45) is 2.86. The van der Waals surface area contributed by atoms with E-state index in [0.717, 1.165) is 6.42 Å². The molecule has 2 aliphatic heterocycles. The molecular formula is C29H44N5O8P. The van der Waals surface area contributed by atoms with Crippen molar-refractivity contribution in [1.82, 2.24) is 20.4 Å². The highest BCUT2D eigenvalue weighted by Gasteiger charge is 2.40. The molecule has 0 bridgehead atoms. The maximum absolute atomic E-state index is 13.7. The Hall–Kier alpha value is -3.28. The van der Waals surface area contributed by atoms with E-state index in [9.17, 15) is 38.5 Å². The molecule has 5 atom stereocenters. The van der Waals surface area contributed by atoms with Crippen molar-refractivity contribution in [2.45, 2.75) is 88.6 Å². The van der Waals surface area contributed by atoms with Crippen LogP contribution >= 0.6 is 7.37 Å². The lowest BCUT2D eigenvalue weighted by molar-refractivity contribution is -0.144. The number of nitrogens with zero attached hydrogens (tertiary/aromatic N) is 2. The standard InChI is InChI=1S/C29H44N5O8P/c1-2-3-11-21(29(39)40)31-27(37)22-12-7-15-33(22)25(35)14-17-43(41,42)24(18-20-9-5-4-6-10-20)32-28(38)23-13-8-16-34(23)26(36)19-30/h4-6,9-10,21-24H,2-3,7-8,11-19,30H2,1H3,(H,31,37)(H,32,38)(H,39,40)(H,41,42)/t21?,22?,23-,24+/m0/s1. The van der Waals surface area contributed by atoms with Crippen LogP contribution in [-0.4, -0.2) is 99.1 Å². The predicted octanol–water partition coefficient (Wildman–Crippen LogP) is 1.03. The number of benzene rings is 1. The average Bonchev–Trinajstić information content (AvgIpc) is 3.68. The molecule has 13 nitrogen and oxygen atoms in total. The van der Waals surface area contributed by atoms with Gasteiger partial charge in [-0.05, 0) is 37.7 Å². The second kappa shape index (κ2) is 16.0. The van der Waals surface area contributed by atoms with E-state index in [4.69, 9.17) is 5.73 Å². The molecular weight excluding hydrogens is 577 g/mol. The van der Waals surface area contributed by atoms with Crippen LogP contribution in [0.4, 0.5) is 0 Å². The van der Waals surface area contributed by atoms with Crippen molar-refractivity contribution in [2.24, 2.45) is 5.73 Å². The molecule has 1 aromatic rings. The van der Waals surface area contributed by atoms with E-state index in [-0.39, 0.29) is 38.3 Å². The van der Waals surface area contributed by atoms with Crippen molar-refractivity contribution in [1.29, 1.82) is 0 Å². The first kappa shape index (κ1) is 34.2. The first-order chi connectivity index (χ1) is 20.5. The molecule has 0 aliphatic carbocycles. The zero-order chi connectivity index (χ0) is 31.6. The normalized spacial score (nSPS) is 21.1. The van der Waals surface area contributed by atoms with Crippen molar-refractivity contribution < 1.29 is 38.5 Å². The summed E-state index contributed by atoms with van der Waals surface area (Å²) in [7, 11) is -4.18. The number of likely N-dealkylation sites (tertiary alicyclic amines) is 2. The Balaban J connectivity index is 1.69. The number of nitrogens with one attached hydrogen (secondary N) is 2. The lowest BCUT2D eigenvalue weighted by atomic mass is 10.1. The molecule has 1 aromatic carbocycles. The molecule has 2 aliphatic rings. The summed E-state index contributed by atoms with van der Waals surface area (Å²) in [5.74, 6) is -4.32. The molecule has 3 unspecified atom stereocenters. The minimum atomic E-state index is -4.18. The summed E-state index contributed by atoms with van der Waals surface area (Å²) in [5.41, 5.74) is 6.21. The smallest absolute Gasteiger partial charge is 0.326 e. The third-order valence-corrected chi connectivity index (χ3v) is 10.3. The van der Waals surface area contributed by atoms with Gasteiger partial charge in [0, 0.05) is 32.1 Å². The van der Waals surface area contributed by atoms with E-state index in [2.05, 4.69) is 10.6 Å². The Bertz CT molecular complexity index is 1200. The highest BCUT2D eigenvalue weighted by Crippen LogP contribution is 2.47. The van der Waals surface area contributed by atoms with Gasteiger partial charge in [0.05, 0.1) is 6.54 Å². The van der Waals surface area contributed by atoms with Crippen LogP contribution in [-0.2, 0) is 35.0 Å². The highest BCUT2D eigenvalue weighted by molar-refractivity contribution is 7.58. The monoisotopic (exact) mass is 621 g/mol. The molecule has 2 fully saturated rings. The quantitative estimate of drug-likeness (QED) is 0.178. The molecule has 6 N–H and O–H groups in total. The van der Waals surface area contributed by atoms with Gasteiger partial charge in [-0.3, -0.25) is 23.7 Å². The van der Waals surface area contributed by atoms with Crippen LogP contribution in [0.25, 0.3) is 0 Å². The van der Waals surface area contributed by atoms with Crippen LogP contribution in [0, 0.1) is 0 Å². The average molecular weight is 622 g/mol.